The number of nitrogens with zero attached hydrogens (tertiary/aromatic N) is 3. The lowest BCUT2D eigenvalue weighted by molar-refractivity contribution is -0.384. The van der Waals surface area contributed by atoms with E-state index in [1.807, 2.05) is 31.2 Å². The maximum atomic E-state index is 12.8. The van der Waals surface area contributed by atoms with E-state index in [1.165, 1.54) is 6.07 Å². The summed E-state index contributed by atoms with van der Waals surface area (Å²) in [4.78, 5) is 35.3. The van der Waals surface area contributed by atoms with Crippen molar-refractivity contribution in [1.82, 2.24) is 9.78 Å². The number of amides is 1. The summed E-state index contributed by atoms with van der Waals surface area (Å²) in [5.74, 6) is -0.916. The van der Waals surface area contributed by atoms with Gasteiger partial charge in [-0.1, -0.05) is 29.8 Å². The Morgan fingerprint density at radius 1 is 1.17 bits per heavy atom. The van der Waals surface area contributed by atoms with Crippen molar-refractivity contribution in [2.75, 3.05) is 11.9 Å². The minimum Gasteiger partial charge on any atom is -0.462 e. The van der Waals surface area contributed by atoms with Crippen molar-refractivity contribution in [3.05, 3.63) is 87.1 Å². The maximum absolute atomic E-state index is 12.8. The van der Waals surface area contributed by atoms with Crippen molar-refractivity contribution in [2.45, 2.75) is 20.4 Å². The number of anilines is 1. The van der Waals surface area contributed by atoms with Crippen molar-refractivity contribution in [3.63, 3.8) is 0 Å². The van der Waals surface area contributed by atoms with Crippen LogP contribution in [0.25, 0.3) is 0 Å². The number of hydrogen-bond donors (Lipinski definition) is 1. The Balaban J connectivity index is 1.85. The molecular formula is C21H20N4O5. The summed E-state index contributed by atoms with van der Waals surface area (Å²) in [5.41, 5.74) is 1.64. The van der Waals surface area contributed by atoms with Crippen molar-refractivity contribution in [2.24, 2.45) is 0 Å². The van der Waals surface area contributed by atoms with Crippen LogP contribution >= 0.6 is 0 Å². The summed E-state index contributed by atoms with van der Waals surface area (Å²) in [7, 11) is 0. The third-order valence-electron chi connectivity index (χ3n) is 4.27. The number of carbonyl (C=O) groups excluding carboxylic acids is 2. The van der Waals surface area contributed by atoms with E-state index in [0.717, 1.165) is 23.3 Å². The van der Waals surface area contributed by atoms with Gasteiger partial charge in [-0.2, -0.15) is 5.10 Å². The summed E-state index contributed by atoms with van der Waals surface area (Å²) in [6, 6.07) is 13.0. The molecule has 0 fully saturated rings. The van der Waals surface area contributed by atoms with Gasteiger partial charge in [0.05, 0.1) is 29.8 Å². The molecule has 2 aromatic carbocycles. The highest BCUT2D eigenvalue weighted by Gasteiger charge is 2.19. The van der Waals surface area contributed by atoms with E-state index < -0.39 is 16.8 Å². The van der Waals surface area contributed by atoms with E-state index in [-0.39, 0.29) is 23.4 Å². The summed E-state index contributed by atoms with van der Waals surface area (Å²) < 4.78 is 6.50. The van der Waals surface area contributed by atoms with Gasteiger partial charge in [0.25, 0.3) is 11.6 Å². The molecule has 30 heavy (non-hydrogen) atoms. The predicted octanol–water partition coefficient (Wildman–Crippen LogP) is 3.58. The second-order valence-corrected chi connectivity index (χ2v) is 6.56. The Kier molecular flexibility index (Phi) is 6.21. The van der Waals surface area contributed by atoms with Crippen LogP contribution < -0.4 is 5.32 Å². The second-order valence-electron chi connectivity index (χ2n) is 6.56. The van der Waals surface area contributed by atoms with Gasteiger partial charge in [-0.25, -0.2) is 9.48 Å². The van der Waals surface area contributed by atoms with Crippen molar-refractivity contribution in [3.8, 4) is 0 Å². The molecule has 0 aliphatic rings. The molecule has 0 aliphatic carbocycles. The number of nitrogens with one attached hydrogen (secondary N) is 1. The van der Waals surface area contributed by atoms with Crippen molar-refractivity contribution in [1.29, 1.82) is 0 Å². The van der Waals surface area contributed by atoms with Gasteiger partial charge in [-0.05, 0) is 25.5 Å². The molecule has 9 heteroatoms. The highest BCUT2D eigenvalue weighted by molar-refractivity contribution is 6.06. The van der Waals surface area contributed by atoms with Gasteiger partial charge in [-0.15, -0.1) is 0 Å². The highest BCUT2D eigenvalue weighted by Crippen LogP contribution is 2.20. The lowest BCUT2D eigenvalue weighted by Gasteiger charge is -2.10. The van der Waals surface area contributed by atoms with Gasteiger partial charge in [-0.3, -0.25) is 14.9 Å². The van der Waals surface area contributed by atoms with Crippen LogP contribution in [0.1, 0.15) is 38.8 Å². The quantitative estimate of drug-likeness (QED) is 0.363. The standard InChI is InChI=1S/C21H20N4O5/c1-3-30-21(27)17-10-16(11-18(12-17)25(28)29)20(26)23-19-7-8-22-24(19)13-15-6-4-5-14(2)9-15/h4-12H,3,13H2,1-2H3,(H,23,26). The van der Waals surface area contributed by atoms with Crippen molar-refractivity contribution >= 4 is 23.4 Å². The number of hydrogen-bond acceptors (Lipinski definition) is 6. The van der Waals surface area contributed by atoms with E-state index in [2.05, 4.69) is 10.4 Å². The number of rotatable bonds is 7. The van der Waals surface area contributed by atoms with Crippen LogP contribution in [0.3, 0.4) is 0 Å². The van der Waals surface area contributed by atoms with E-state index in [0.29, 0.717) is 12.4 Å². The molecule has 3 rings (SSSR count). The summed E-state index contributed by atoms with van der Waals surface area (Å²) in [6.45, 7) is 4.16. The molecule has 0 unspecified atom stereocenters. The first-order chi connectivity index (χ1) is 14.4. The Morgan fingerprint density at radius 3 is 2.63 bits per heavy atom. The third-order valence-corrected chi connectivity index (χ3v) is 4.27. The fourth-order valence-corrected chi connectivity index (χ4v) is 2.92. The summed E-state index contributed by atoms with van der Waals surface area (Å²) in [5, 5.41) is 18.1. The fraction of sp³-hybridized carbons (Fsp3) is 0.190. The van der Waals surface area contributed by atoms with E-state index in [1.54, 1.807) is 23.9 Å². The third kappa shape index (κ3) is 4.88. The number of esters is 1. The average Bonchev–Trinajstić information content (AvgIpc) is 3.14. The molecule has 3 aromatic rings. The van der Waals surface area contributed by atoms with Crippen LogP contribution in [0.5, 0.6) is 0 Å². The topological polar surface area (TPSA) is 116 Å². The van der Waals surface area contributed by atoms with Crippen LogP contribution in [-0.4, -0.2) is 33.2 Å². The lowest BCUT2D eigenvalue weighted by atomic mass is 10.1. The van der Waals surface area contributed by atoms with Crippen LogP contribution in [0.4, 0.5) is 11.5 Å². The maximum Gasteiger partial charge on any atom is 0.338 e. The van der Waals surface area contributed by atoms with Crippen LogP contribution in [0.2, 0.25) is 0 Å². The monoisotopic (exact) mass is 408 g/mol. The normalized spacial score (nSPS) is 10.5. The first-order valence-corrected chi connectivity index (χ1v) is 9.22. The second kappa shape index (κ2) is 8.99. The fourth-order valence-electron chi connectivity index (χ4n) is 2.92. The smallest absolute Gasteiger partial charge is 0.338 e. The Labute approximate surface area is 172 Å². The zero-order chi connectivity index (χ0) is 21.7. The molecule has 0 atom stereocenters. The molecule has 0 saturated heterocycles. The zero-order valence-electron chi connectivity index (χ0n) is 16.5. The van der Waals surface area contributed by atoms with Gasteiger partial charge < -0.3 is 10.1 Å². The molecule has 1 N–H and O–H groups in total. The Morgan fingerprint density at radius 2 is 1.93 bits per heavy atom. The number of aromatic nitrogens is 2. The average molecular weight is 408 g/mol. The van der Waals surface area contributed by atoms with Gasteiger partial charge in [0.2, 0.25) is 0 Å². The molecule has 0 aliphatic heterocycles. The van der Waals surface area contributed by atoms with E-state index >= 15 is 0 Å². The predicted molar refractivity (Wildman–Crippen MR) is 110 cm³/mol. The molecule has 0 spiro atoms. The Bertz CT molecular complexity index is 1110. The van der Waals surface area contributed by atoms with Gasteiger partial charge in [0.15, 0.2) is 0 Å². The number of aryl methyl sites for hydroxylation is 1. The highest BCUT2D eigenvalue weighted by atomic mass is 16.6. The Hall–Kier alpha value is -4.01. The number of nitro groups is 1. The molecule has 9 nitrogen and oxygen atoms in total. The van der Waals surface area contributed by atoms with E-state index in [4.69, 9.17) is 4.74 Å². The van der Waals surface area contributed by atoms with E-state index in [9.17, 15) is 19.7 Å². The molecule has 0 bridgehead atoms. The summed E-state index contributed by atoms with van der Waals surface area (Å²) >= 11 is 0. The van der Waals surface area contributed by atoms with Gasteiger partial charge in [0, 0.05) is 23.8 Å². The largest absolute Gasteiger partial charge is 0.462 e. The number of benzene rings is 2. The lowest BCUT2D eigenvalue weighted by Crippen LogP contribution is -2.17. The van der Waals surface area contributed by atoms with Crippen molar-refractivity contribution < 1.29 is 19.2 Å². The van der Waals surface area contributed by atoms with Gasteiger partial charge >= 0.3 is 5.97 Å². The first kappa shape index (κ1) is 20.7. The SMILES string of the molecule is CCOC(=O)c1cc(C(=O)Nc2ccnn2Cc2cccc(C)c2)cc([N+](=O)[O-])c1. The zero-order valence-corrected chi connectivity index (χ0v) is 16.5. The molecule has 0 saturated carbocycles. The first-order valence-electron chi connectivity index (χ1n) is 9.22. The minimum absolute atomic E-state index is 0.0319. The minimum atomic E-state index is -0.736. The molecule has 1 amide bonds. The van der Waals surface area contributed by atoms with Crippen LogP contribution in [0.15, 0.2) is 54.7 Å². The molecule has 1 heterocycles. The number of non-ortho nitro benzene ring substituents is 1. The molecular weight excluding hydrogens is 388 g/mol. The molecule has 1 aromatic heterocycles. The number of nitro benzene ring substituents is 1. The number of ether oxygens (including phenoxy) is 1. The van der Waals surface area contributed by atoms with Crippen LogP contribution in [-0.2, 0) is 11.3 Å². The van der Waals surface area contributed by atoms with Crippen LogP contribution in [0, 0.1) is 17.0 Å². The van der Waals surface area contributed by atoms with Gasteiger partial charge in [0.1, 0.15) is 5.82 Å². The molecule has 154 valence electrons. The summed E-state index contributed by atoms with van der Waals surface area (Å²) in [6.07, 6.45) is 1.54. The molecule has 0 radical (unpaired) electrons. The number of carbonyl (C=O) groups is 2.